The largest absolute Gasteiger partial charge is 0.335 e. The molecule has 1 aromatic carbocycles. The molecule has 27 heavy (non-hydrogen) atoms. The molecule has 0 unspecified atom stereocenters. The fraction of sp³-hybridized carbons (Fsp3) is 0.333. The van der Waals surface area contributed by atoms with Crippen molar-refractivity contribution in [1.82, 2.24) is 19.7 Å². The predicted molar refractivity (Wildman–Crippen MR) is 97.4 cm³/mol. The molecule has 0 saturated heterocycles. The lowest BCUT2D eigenvalue weighted by Gasteiger charge is -2.14. The molecule has 12 heteroatoms. The second kappa shape index (κ2) is 7.56. The van der Waals surface area contributed by atoms with Crippen molar-refractivity contribution >= 4 is 31.8 Å². The average Bonchev–Trinajstić information content (AvgIpc) is 2.53. The van der Waals surface area contributed by atoms with Crippen LogP contribution >= 0.6 is 0 Å². The molecule has 0 atom stereocenters. The van der Waals surface area contributed by atoms with Gasteiger partial charge in [0.25, 0.3) is 10.0 Å². The number of nitrogens with one attached hydrogen (secondary N) is 2. The van der Waals surface area contributed by atoms with Gasteiger partial charge in [0, 0.05) is 0 Å². The first-order chi connectivity index (χ1) is 12.4. The lowest BCUT2D eigenvalue weighted by Crippen LogP contribution is -2.36. The van der Waals surface area contributed by atoms with Crippen LogP contribution in [-0.4, -0.2) is 43.1 Å². The molecule has 1 aromatic heterocycles. The molecule has 2 aromatic rings. The second-order valence-corrected chi connectivity index (χ2v) is 9.98. The Labute approximate surface area is 157 Å². The fourth-order valence-electron chi connectivity index (χ4n) is 2.14. The number of hydrogen-bond donors (Lipinski definition) is 2. The van der Waals surface area contributed by atoms with Gasteiger partial charge in [0.2, 0.25) is 5.95 Å². The van der Waals surface area contributed by atoms with Gasteiger partial charge in [-0.2, -0.15) is 9.97 Å². The third-order valence-electron chi connectivity index (χ3n) is 3.38. The van der Waals surface area contributed by atoms with E-state index in [1.165, 1.54) is 32.0 Å². The van der Waals surface area contributed by atoms with Crippen molar-refractivity contribution in [3.05, 3.63) is 35.9 Å². The highest BCUT2D eigenvalue weighted by Crippen LogP contribution is 2.24. The maximum Gasteiger partial charge on any atom is 0.335 e. The average molecular weight is 413 g/mol. The highest BCUT2D eigenvalue weighted by atomic mass is 32.2. The SMILES string of the molecule is Cc1nc(C)nc(NC(=O)NS(=O)(=O)c2ccccc2S(=O)(=O)C(C)C)n1. The molecular formula is C15H19N5O5S2. The van der Waals surface area contributed by atoms with Gasteiger partial charge in [-0.05, 0) is 39.8 Å². The van der Waals surface area contributed by atoms with Crippen LogP contribution in [0.25, 0.3) is 0 Å². The third kappa shape index (κ3) is 4.77. The lowest BCUT2D eigenvalue weighted by molar-refractivity contribution is 0.256. The van der Waals surface area contributed by atoms with Gasteiger partial charge in [0.1, 0.15) is 16.5 Å². The predicted octanol–water partition coefficient (Wildman–Crippen LogP) is 1.18. The summed E-state index contributed by atoms with van der Waals surface area (Å²) in [6.45, 7) is 6.04. The molecule has 0 spiro atoms. The number of hydrogen-bond acceptors (Lipinski definition) is 8. The lowest BCUT2D eigenvalue weighted by atomic mass is 10.4. The fourth-order valence-corrected chi connectivity index (χ4v) is 4.93. The van der Waals surface area contributed by atoms with Crippen molar-refractivity contribution in [2.24, 2.45) is 0 Å². The van der Waals surface area contributed by atoms with Gasteiger partial charge in [-0.3, -0.25) is 5.32 Å². The Balaban J connectivity index is 2.33. The van der Waals surface area contributed by atoms with E-state index >= 15 is 0 Å². The summed E-state index contributed by atoms with van der Waals surface area (Å²) in [7, 11) is -8.34. The summed E-state index contributed by atoms with van der Waals surface area (Å²) >= 11 is 0. The molecule has 0 aliphatic rings. The van der Waals surface area contributed by atoms with E-state index in [4.69, 9.17) is 0 Å². The zero-order chi connectivity index (χ0) is 20.4. The van der Waals surface area contributed by atoms with Crippen LogP contribution < -0.4 is 10.0 Å². The number of anilines is 1. The monoisotopic (exact) mass is 413 g/mol. The second-order valence-electron chi connectivity index (χ2n) is 5.85. The van der Waals surface area contributed by atoms with Crippen LogP contribution in [-0.2, 0) is 19.9 Å². The Morgan fingerprint density at radius 2 is 1.44 bits per heavy atom. The summed E-state index contributed by atoms with van der Waals surface area (Å²) in [5.74, 6) is 0.554. The van der Waals surface area contributed by atoms with Crippen LogP contribution in [0.1, 0.15) is 25.5 Å². The summed E-state index contributed by atoms with van der Waals surface area (Å²) in [6.07, 6.45) is 0. The van der Waals surface area contributed by atoms with Crippen molar-refractivity contribution in [2.75, 3.05) is 5.32 Å². The molecule has 0 aliphatic heterocycles. The van der Waals surface area contributed by atoms with Gasteiger partial charge >= 0.3 is 6.03 Å². The highest BCUT2D eigenvalue weighted by Gasteiger charge is 2.29. The summed E-state index contributed by atoms with van der Waals surface area (Å²) in [6, 6.07) is 3.94. The number of carbonyl (C=O) groups excluding carboxylic acids is 1. The van der Waals surface area contributed by atoms with Gasteiger partial charge in [-0.1, -0.05) is 12.1 Å². The van der Waals surface area contributed by atoms with Crippen molar-refractivity contribution in [2.45, 2.75) is 42.7 Å². The van der Waals surface area contributed by atoms with Gasteiger partial charge in [-0.15, -0.1) is 0 Å². The molecule has 0 bridgehead atoms. The van der Waals surface area contributed by atoms with Crippen LogP contribution in [0.15, 0.2) is 34.1 Å². The zero-order valence-corrected chi connectivity index (χ0v) is 16.7. The number of aryl methyl sites for hydroxylation is 2. The molecule has 0 fully saturated rings. The first-order valence-electron chi connectivity index (χ1n) is 7.79. The van der Waals surface area contributed by atoms with E-state index < -0.39 is 36.0 Å². The number of sulfonamides is 1. The zero-order valence-electron chi connectivity index (χ0n) is 15.1. The minimum absolute atomic E-state index is 0.129. The minimum atomic E-state index is -4.46. The normalized spacial score (nSPS) is 12.0. The van der Waals surface area contributed by atoms with Crippen molar-refractivity contribution in [3.63, 3.8) is 0 Å². The maximum atomic E-state index is 12.6. The topological polar surface area (TPSA) is 148 Å². The first-order valence-corrected chi connectivity index (χ1v) is 10.8. The molecule has 0 saturated carbocycles. The van der Waals surface area contributed by atoms with Crippen molar-refractivity contribution in [3.8, 4) is 0 Å². The number of nitrogens with zero attached hydrogens (tertiary/aromatic N) is 3. The summed E-state index contributed by atoms with van der Waals surface area (Å²) in [5.41, 5.74) is 0. The molecule has 10 nitrogen and oxygen atoms in total. The van der Waals surface area contributed by atoms with Gasteiger partial charge in [-0.25, -0.2) is 31.3 Å². The van der Waals surface area contributed by atoms with Gasteiger partial charge in [0.05, 0.1) is 10.1 Å². The third-order valence-corrected chi connectivity index (χ3v) is 7.11. The Hall–Kier alpha value is -2.60. The summed E-state index contributed by atoms with van der Waals surface area (Å²) in [4.78, 5) is 22.9. The highest BCUT2D eigenvalue weighted by molar-refractivity contribution is 7.94. The van der Waals surface area contributed by atoms with Crippen LogP contribution in [0.4, 0.5) is 10.7 Å². The number of benzene rings is 1. The maximum absolute atomic E-state index is 12.6. The van der Waals surface area contributed by atoms with Crippen LogP contribution in [0.5, 0.6) is 0 Å². The summed E-state index contributed by atoms with van der Waals surface area (Å²) in [5, 5.41) is 1.36. The Kier molecular flexibility index (Phi) is 5.80. The Morgan fingerprint density at radius 1 is 0.926 bits per heavy atom. The van der Waals surface area contributed by atoms with Gasteiger partial charge < -0.3 is 0 Å². The van der Waals surface area contributed by atoms with E-state index in [0.717, 1.165) is 6.07 Å². The van der Waals surface area contributed by atoms with E-state index in [9.17, 15) is 21.6 Å². The number of amides is 2. The molecule has 1 heterocycles. The van der Waals surface area contributed by atoms with Crippen LogP contribution in [0.2, 0.25) is 0 Å². The number of sulfone groups is 1. The van der Waals surface area contributed by atoms with E-state index in [1.807, 2.05) is 0 Å². The van der Waals surface area contributed by atoms with E-state index in [-0.39, 0.29) is 10.8 Å². The Morgan fingerprint density at radius 3 is 1.96 bits per heavy atom. The van der Waals surface area contributed by atoms with Crippen LogP contribution in [0, 0.1) is 13.8 Å². The number of aromatic nitrogens is 3. The van der Waals surface area contributed by atoms with E-state index in [1.54, 1.807) is 18.6 Å². The van der Waals surface area contributed by atoms with E-state index in [0.29, 0.717) is 11.6 Å². The van der Waals surface area contributed by atoms with Crippen molar-refractivity contribution < 1.29 is 21.6 Å². The first kappa shape index (κ1) is 20.7. The minimum Gasteiger partial charge on any atom is -0.275 e. The smallest absolute Gasteiger partial charge is 0.275 e. The molecule has 0 radical (unpaired) electrons. The summed E-state index contributed by atoms with van der Waals surface area (Å²) < 4.78 is 51.8. The van der Waals surface area contributed by atoms with Crippen LogP contribution in [0.3, 0.4) is 0 Å². The molecular weight excluding hydrogens is 394 g/mol. The van der Waals surface area contributed by atoms with Crippen molar-refractivity contribution in [1.29, 1.82) is 0 Å². The molecule has 2 amide bonds. The number of rotatable bonds is 5. The standard InChI is InChI=1S/C15H19N5O5S2/c1-9(2)26(22,23)12-7-5-6-8-13(12)27(24,25)20-15(21)19-14-17-10(3)16-11(4)18-14/h5-9H,1-4H3,(H2,16,17,18,19,20,21). The van der Waals surface area contributed by atoms with Gasteiger partial charge in [0.15, 0.2) is 9.84 Å². The van der Waals surface area contributed by atoms with E-state index in [2.05, 4.69) is 20.3 Å². The number of carbonyl (C=O) groups is 1. The quantitative estimate of drug-likeness (QED) is 0.742. The molecule has 0 aliphatic carbocycles. The number of urea groups is 1. The molecule has 2 rings (SSSR count). The Bertz CT molecular complexity index is 1060. The molecule has 2 N–H and O–H groups in total. The molecule has 146 valence electrons.